The number of hydrogen-bond donors (Lipinski definition) is 4. The number of aliphatic hydroxyl groups excluding tert-OH is 1. The molecule has 2 aromatic carbocycles. The van der Waals surface area contributed by atoms with E-state index in [4.69, 9.17) is 4.74 Å². The number of morpholine rings is 1. The molecule has 44 heavy (non-hydrogen) atoms. The Morgan fingerprint density at radius 2 is 1.93 bits per heavy atom. The number of aromatic hydroxyl groups is 1. The SMILES string of the molecule is Cc1ccc(C(=O)N2CCOC3(CCN(Cc4cc(F)cc(CCNC[C@H](O)c5ccc(O)c6[nH]c(=O)sc56)c4)CC3)C2)s1. The molecule has 12 heteroatoms. The number of amides is 1. The number of halogens is 1. The van der Waals surface area contributed by atoms with E-state index < -0.39 is 6.10 Å². The summed E-state index contributed by atoms with van der Waals surface area (Å²) >= 11 is 2.49. The normalized spacial score (nSPS) is 17.8. The molecule has 0 aliphatic carbocycles. The summed E-state index contributed by atoms with van der Waals surface area (Å²) in [6.07, 6.45) is 1.36. The molecule has 1 spiro atoms. The minimum Gasteiger partial charge on any atom is -0.506 e. The first-order chi connectivity index (χ1) is 21.2. The van der Waals surface area contributed by atoms with Crippen LogP contribution in [0.25, 0.3) is 10.2 Å². The first-order valence-electron chi connectivity index (χ1n) is 14.9. The van der Waals surface area contributed by atoms with Crippen molar-refractivity contribution in [3.8, 4) is 5.75 Å². The number of piperidine rings is 1. The van der Waals surface area contributed by atoms with Crippen LogP contribution in [0.15, 0.2) is 47.3 Å². The maximum atomic E-state index is 14.6. The summed E-state index contributed by atoms with van der Waals surface area (Å²) in [5.74, 6) is -0.215. The third-order valence-electron chi connectivity index (χ3n) is 8.55. The lowest BCUT2D eigenvalue weighted by molar-refractivity contribution is -0.127. The van der Waals surface area contributed by atoms with Crippen molar-refractivity contribution in [1.29, 1.82) is 0 Å². The van der Waals surface area contributed by atoms with Crippen LogP contribution in [-0.2, 0) is 17.7 Å². The summed E-state index contributed by atoms with van der Waals surface area (Å²) in [5, 5.41) is 23.9. The van der Waals surface area contributed by atoms with Crippen LogP contribution in [-0.4, -0.2) is 82.4 Å². The number of ether oxygens (including phenoxy) is 1. The molecule has 2 aliphatic rings. The lowest BCUT2D eigenvalue weighted by Crippen LogP contribution is -2.57. The Hall–Kier alpha value is -3.13. The fourth-order valence-electron chi connectivity index (χ4n) is 6.24. The maximum Gasteiger partial charge on any atom is 0.305 e. The number of thiazole rings is 1. The van der Waals surface area contributed by atoms with Crippen LogP contribution >= 0.6 is 22.7 Å². The van der Waals surface area contributed by atoms with Gasteiger partial charge in [-0.3, -0.25) is 14.5 Å². The fourth-order valence-corrected chi connectivity index (χ4v) is 7.99. The molecule has 2 saturated heterocycles. The Morgan fingerprint density at radius 3 is 2.70 bits per heavy atom. The number of carbonyl (C=O) groups is 1. The van der Waals surface area contributed by atoms with E-state index in [0.717, 1.165) is 58.1 Å². The number of rotatable bonds is 9. The van der Waals surface area contributed by atoms with Gasteiger partial charge in [-0.1, -0.05) is 23.5 Å². The second-order valence-electron chi connectivity index (χ2n) is 11.8. The number of hydrogen-bond acceptors (Lipinski definition) is 9. The Morgan fingerprint density at radius 1 is 1.14 bits per heavy atom. The highest BCUT2D eigenvalue weighted by Crippen LogP contribution is 2.33. The second-order valence-corrected chi connectivity index (χ2v) is 14.0. The highest BCUT2D eigenvalue weighted by atomic mass is 32.1. The van der Waals surface area contributed by atoms with Crippen LogP contribution < -0.4 is 10.2 Å². The average molecular weight is 641 g/mol. The van der Waals surface area contributed by atoms with Gasteiger partial charge < -0.3 is 30.2 Å². The number of thiophene rings is 1. The molecule has 2 aromatic heterocycles. The number of nitrogens with zero attached hydrogens (tertiary/aromatic N) is 2. The molecule has 234 valence electrons. The molecular weight excluding hydrogens is 604 g/mol. The number of aryl methyl sites for hydroxylation is 1. The Bertz CT molecular complexity index is 1690. The van der Waals surface area contributed by atoms with Crippen molar-refractivity contribution < 1.29 is 24.1 Å². The van der Waals surface area contributed by atoms with Gasteiger partial charge in [0, 0.05) is 43.2 Å². The molecule has 4 N–H and O–H groups in total. The van der Waals surface area contributed by atoms with E-state index in [2.05, 4.69) is 15.2 Å². The number of phenolic OH excluding ortho intramolecular Hbond substituents is 1. The van der Waals surface area contributed by atoms with Gasteiger partial charge in [0.25, 0.3) is 5.91 Å². The van der Waals surface area contributed by atoms with Crippen molar-refractivity contribution in [2.24, 2.45) is 0 Å². The van der Waals surface area contributed by atoms with E-state index in [-0.39, 0.29) is 34.5 Å². The number of carbonyl (C=O) groups excluding carboxylic acids is 1. The maximum absolute atomic E-state index is 14.6. The van der Waals surface area contributed by atoms with Crippen molar-refractivity contribution in [3.63, 3.8) is 0 Å². The molecule has 1 amide bonds. The highest BCUT2D eigenvalue weighted by Gasteiger charge is 2.41. The summed E-state index contributed by atoms with van der Waals surface area (Å²) in [5.41, 5.74) is 2.37. The quantitative estimate of drug-likeness (QED) is 0.203. The number of phenols is 1. The summed E-state index contributed by atoms with van der Waals surface area (Å²) in [7, 11) is 0. The lowest BCUT2D eigenvalue weighted by Gasteiger charge is -2.47. The highest BCUT2D eigenvalue weighted by molar-refractivity contribution is 7.16. The van der Waals surface area contributed by atoms with Crippen LogP contribution in [0.1, 0.15) is 50.2 Å². The average Bonchev–Trinajstić information content (AvgIpc) is 3.62. The molecule has 2 fully saturated rings. The molecule has 0 saturated carbocycles. The van der Waals surface area contributed by atoms with Crippen molar-refractivity contribution in [1.82, 2.24) is 20.1 Å². The molecule has 4 heterocycles. The van der Waals surface area contributed by atoms with Crippen molar-refractivity contribution in [2.75, 3.05) is 45.9 Å². The number of nitrogens with one attached hydrogen (secondary N) is 2. The molecule has 4 aromatic rings. The Balaban J connectivity index is 0.992. The van der Waals surface area contributed by atoms with E-state index in [9.17, 15) is 24.2 Å². The zero-order valence-electron chi connectivity index (χ0n) is 24.6. The van der Waals surface area contributed by atoms with Crippen LogP contribution in [0.5, 0.6) is 5.75 Å². The molecule has 9 nitrogen and oxygen atoms in total. The molecule has 0 radical (unpaired) electrons. The molecule has 0 bridgehead atoms. The van der Waals surface area contributed by atoms with Gasteiger partial charge in [0.15, 0.2) is 0 Å². The molecule has 1 atom stereocenters. The van der Waals surface area contributed by atoms with Gasteiger partial charge in [-0.15, -0.1) is 11.3 Å². The fraction of sp³-hybridized carbons (Fsp3) is 0.438. The van der Waals surface area contributed by atoms with Crippen molar-refractivity contribution in [3.05, 3.63) is 84.4 Å². The number of benzene rings is 2. The van der Waals surface area contributed by atoms with Crippen LogP contribution in [0, 0.1) is 12.7 Å². The van der Waals surface area contributed by atoms with E-state index >= 15 is 0 Å². The van der Waals surface area contributed by atoms with Crippen LogP contribution in [0.2, 0.25) is 0 Å². The second kappa shape index (κ2) is 13.1. The zero-order valence-corrected chi connectivity index (χ0v) is 26.2. The van der Waals surface area contributed by atoms with Gasteiger partial charge in [-0.25, -0.2) is 4.39 Å². The van der Waals surface area contributed by atoms with Gasteiger partial charge >= 0.3 is 4.87 Å². The monoisotopic (exact) mass is 640 g/mol. The van der Waals surface area contributed by atoms with Gasteiger partial charge in [0.1, 0.15) is 17.1 Å². The lowest BCUT2D eigenvalue weighted by atomic mass is 9.89. The molecule has 0 unspecified atom stereocenters. The predicted octanol–water partition coefficient (Wildman–Crippen LogP) is 4.18. The minimum absolute atomic E-state index is 0.0291. The molecule has 6 rings (SSSR count). The summed E-state index contributed by atoms with van der Waals surface area (Å²) in [6, 6.07) is 12.1. The number of aromatic nitrogens is 1. The van der Waals surface area contributed by atoms with Crippen molar-refractivity contribution >= 4 is 38.8 Å². The number of likely N-dealkylation sites (tertiary alicyclic amines) is 1. The van der Waals surface area contributed by atoms with Crippen LogP contribution in [0.3, 0.4) is 0 Å². The number of fused-ring (bicyclic) bond motifs is 1. The van der Waals surface area contributed by atoms with Gasteiger partial charge in [0.05, 0.1) is 34.4 Å². The summed E-state index contributed by atoms with van der Waals surface area (Å²) in [6.45, 7) is 6.81. The predicted molar refractivity (Wildman–Crippen MR) is 170 cm³/mol. The third-order valence-corrected chi connectivity index (χ3v) is 10.5. The standard InChI is InChI=1S/C32H37FN4O5S2/c1-20-2-5-27(43-20)30(40)37-12-13-42-32(19-37)7-10-36(11-8-32)18-22-14-21(15-23(33)16-22)6-9-34-17-26(39)24-3-4-25(38)28-29(24)44-31(41)35-28/h2-5,14-16,26,34,38-39H,6-13,17-19H2,1H3,(H,35,41)/t26-/m0/s1. The van der Waals surface area contributed by atoms with Gasteiger partial charge in [-0.05, 0) is 74.2 Å². The molecular formula is C32H37FN4O5S2. The summed E-state index contributed by atoms with van der Waals surface area (Å²) < 4.78 is 21.4. The first-order valence-corrected chi connectivity index (χ1v) is 16.6. The van der Waals surface area contributed by atoms with Gasteiger partial charge in [-0.2, -0.15) is 0 Å². The third kappa shape index (κ3) is 6.90. The van der Waals surface area contributed by atoms with Crippen LogP contribution in [0.4, 0.5) is 4.39 Å². The number of H-pyrrole nitrogens is 1. The van der Waals surface area contributed by atoms with E-state index in [1.165, 1.54) is 17.4 Å². The van der Waals surface area contributed by atoms with E-state index in [0.29, 0.717) is 55.0 Å². The largest absolute Gasteiger partial charge is 0.506 e. The van der Waals surface area contributed by atoms with Gasteiger partial charge in [0.2, 0.25) is 0 Å². The molecule has 2 aliphatic heterocycles. The number of aliphatic hydroxyl groups is 1. The minimum atomic E-state index is -0.867. The smallest absolute Gasteiger partial charge is 0.305 e. The zero-order chi connectivity index (χ0) is 30.8. The van der Waals surface area contributed by atoms with Crippen molar-refractivity contribution in [2.45, 2.75) is 44.4 Å². The Kier molecular flexibility index (Phi) is 9.18. The topological polar surface area (TPSA) is 118 Å². The number of aromatic amines is 1. The summed E-state index contributed by atoms with van der Waals surface area (Å²) in [4.78, 5) is 33.3. The first kappa shape index (κ1) is 30.9. The van der Waals surface area contributed by atoms with E-state index in [1.807, 2.05) is 30.0 Å². The van der Waals surface area contributed by atoms with E-state index in [1.54, 1.807) is 18.2 Å². The Labute approximate surface area is 262 Å².